The number of aliphatic hydroxyl groups is 1. The summed E-state index contributed by atoms with van der Waals surface area (Å²) in [6, 6.07) is 6.71. The van der Waals surface area contributed by atoms with Crippen LogP contribution >= 0.6 is 0 Å². The molecule has 1 fully saturated rings. The molecule has 1 aromatic carbocycles. The summed E-state index contributed by atoms with van der Waals surface area (Å²) >= 11 is 0. The Morgan fingerprint density at radius 1 is 1.11 bits per heavy atom. The minimum absolute atomic E-state index is 0.0409. The molecular formula is C21H32N2O4. The van der Waals surface area contributed by atoms with Crippen molar-refractivity contribution < 1.29 is 19.8 Å². The fraction of sp³-hybridized carbons (Fsp3) is 0.619. The lowest BCUT2D eigenvalue weighted by Gasteiger charge is -2.32. The Kier molecular flexibility index (Phi) is 8.75. The standard InChI is InChI=1S/C21H32N2O4/c1-2-3-4-5-6-7-8-19(24)23-16-14-20(25)22(23)15-13-17-9-11-18(12-10-17)21(26)27/h9-12,19,24H,2-8,13-16H2,1H3,(H,26,27). The van der Waals surface area contributed by atoms with E-state index in [9.17, 15) is 14.7 Å². The van der Waals surface area contributed by atoms with Crippen LogP contribution in [0.15, 0.2) is 24.3 Å². The van der Waals surface area contributed by atoms with Crippen molar-refractivity contribution in [3.63, 3.8) is 0 Å². The molecule has 6 heteroatoms. The lowest BCUT2D eigenvalue weighted by atomic mass is 10.1. The van der Waals surface area contributed by atoms with Crippen LogP contribution in [0.25, 0.3) is 0 Å². The summed E-state index contributed by atoms with van der Waals surface area (Å²) in [5, 5.41) is 22.9. The van der Waals surface area contributed by atoms with E-state index < -0.39 is 12.2 Å². The van der Waals surface area contributed by atoms with E-state index in [1.807, 2.05) is 0 Å². The fourth-order valence-corrected chi connectivity index (χ4v) is 3.47. The number of carboxylic acid groups (broad SMARTS) is 1. The van der Waals surface area contributed by atoms with E-state index in [4.69, 9.17) is 5.11 Å². The molecule has 0 aliphatic carbocycles. The normalized spacial score (nSPS) is 16.1. The Labute approximate surface area is 161 Å². The second kappa shape index (κ2) is 11.0. The Hall–Kier alpha value is -1.92. The van der Waals surface area contributed by atoms with Crippen LogP contribution in [0.3, 0.4) is 0 Å². The second-order valence-electron chi connectivity index (χ2n) is 7.22. The highest BCUT2D eigenvalue weighted by atomic mass is 16.4. The van der Waals surface area contributed by atoms with Crippen molar-refractivity contribution in [1.29, 1.82) is 0 Å². The summed E-state index contributed by atoms with van der Waals surface area (Å²) in [4.78, 5) is 23.1. The van der Waals surface area contributed by atoms with Crippen molar-refractivity contribution in [3.05, 3.63) is 35.4 Å². The average Bonchev–Trinajstić information content (AvgIpc) is 3.03. The number of aliphatic hydroxyl groups excluding tert-OH is 1. The minimum atomic E-state index is -0.944. The smallest absolute Gasteiger partial charge is 0.335 e. The maximum atomic E-state index is 12.2. The number of rotatable bonds is 12. The van der Waals surface area contributed by atoms with Gasteiger partial charge in [0.15, 0.2) is 0 Å². The van der Waals surface area contributed by atoms with Crippen molar-refractivity contribution in [3.8, 4) is 0 Å². The lowest BCUT2D eigenvalue weighted by Crippen LogP contribution is -2.46. The van der Waals surface area contributed by atoms with E-state index >= 15 is 0 Å². The van der Waals surface area contributed by atoms with E-state index in [1.54, 1.807) is 34.3 Å². The number of hydrazine groups is 1. The van der Waals surface area contributed by atoms with Crippen molar-refractivity contribution >= 4 is 11.9 Å². The summed E-state index contributed by atoms with van der Waals surface area (Å²) in [6.45, 7) is 3.26. The van der Waals surface area contributed by atoms with Crippen molar-refractivity contribution in [2.75, 3.05) is 13.1 Å². The molecule has 0 saturated carbocycles. The molecule has 1 heterocycles. The summed E-state index contributed by atoms with van der Waals surface area (Å²) in [5.41, 5.74) is 1.23. The number of aromatic carboxylic acids is 1. The first-order valence-corrected chi connectivity index (χ1v) is 10.1. The first-order valence-electron chi connectivity index (χ1n) is 10.1. The van der Waals surface area contributed by atoms with Crippen molar-refractivity contribution in [1.82, 2.24) is 10.0 Å². The fourth-order valence-electron chi connectivity index (χ4n) is 3.47. The number of benzene rings is 1. The van der Waals surface area contributed by atoms with Crippen LogP contribution in [-0.2, 0) is 11.2 Å². The largest absolute Gasteiger partial charge is 0.478 e. The van der Waals surface area contributed by atoms with Crippen LogP contribution in [0.4, 0.5) is 0 Å². The third-order valence-corrected chi connectivity index (χ3v) is 5.13. The van der Waals surface area contributed by atoms with Gasteiger partial charge in [0.25, 0.3) is 0 Å². The molecule has 2 N–H and O–H groups in total. The topological polar surface area (TPSA) is 81.1 Å². The molecule has 1 aromatic rings. The van der Waals surface area contributed by atoms with Crippen LogP contribution in [0.2, 0.25) is 0 Å². The maximum Gasteiger partial charge on any atom is 0.335 e. The highest BCUT2D eigenvalue weighted by Gasteiger charge is 2.32. The van der Waals surface area contributed by atoms with Crippen LogP contribution in [0, 0.1) is 0 Å². The van der Waals surface area contributed by atoms with E-state index in [0.717, 1.165) is 18.4 Å². The number of hydrogen-bond acceptors (Lipinski definition) is 4. The van der Waals surface area contributed by atoms with Gasteiger partial charge in [-0.05, 0) is 37.0 Å². The quantitative estimate of drug-likeness (QED) is 0.546. The van der Waals surface area contributed by atoms with Gasteiger partial charge in [0.2, 0.25) is 5.91 Å². The molecular weight excluding hydrogens is 344 g/mol. The summed E-state index contributed by atoms with van der Waals surface area (Å²) in [5.74, 6) is -0.903. The molecule has 150 valence electrons. The Balaban J connectivity index is 1.79. The molecule has 1 unspecified atom stereocenters. The Bertz CT molecular complexity index is 603. The number of carbonyl (C=O) groups excluding carboxylic acids is 1. The van der Waals surface area contributed by atoms with Gasteiger partial charge in [0.1, 0.15) is 6.23 Å². The highest BCUT2D eigenvalue weighted by Crippen LogP contribution is 2.19. The molecule has 1 aliphatic heterocycles. The monoisotopic (exact) mass is 376 g/mol. The number of amides is 1. The van der Waals surface area contributed by atoms with Gasteiger partial charge in [-0.25, -0.2) is 4.79 Å². The zero-order valence-electron chi connectivity index (χ0n) is 16.3. The molecule has 27 heavy (non-hydrogen) atoms. The Morgan fingerprint density at radius 3 is 2.44 bits per heavy atom. The maximum absolute atomic E-state index is 12.2. The van der Waals surface area contributed by atoms with Crippen molar-refractivity contribution in [2.24, 2.45) is 0 Å². The molecule has 6 nitrogen and oxygen atoms in total. The zero-order chi connectivity index (χ0) is 19.6. The second-order valence-corrected chi connectivity index (χ2v) is 7.22. The molecule has 1 amide bonds. The lowest BCUT2D eigenvalue weighted by molar-refractivity contribution is -0.155. The first-order chi connectivity index (χ1) is 13.0. The minimum Gasteiger partial charge on any atom is -0.478 e. The number of carbonyl (C=O) groups is 2. The molecule has 2 rings (SSSR count). The molecule has 1 atom stereocenters. The van der Waals surface area contributed by atoms with Gasteiger partial charge >= 0.3 is 5.97 Å². The number of hydrogen-bond donors (Lipinski definition) is 2. The number of carboxylic acids is 1. The van der Waals surface area contributed by atoms with Gasteiger partial charge in [-0.15, -0.1) is 0 Å². The van der Waals surface area contributed by atoms with Crippen LogP contribution in [0.5, 0.6) is 0 Å². The highest BCUT2D eigenvalue weighted by molar-refractivity contribution is 5.87. The summed E-state index contributed by atoms with van der Waals surface area (Å²) < 4.78 is 0. The predicted molar refractivity (Wildman–Crippen MR) is 104 cm³/mol. The Morgan fingerprint density at radius 2 is 1.78 bits per heavy atom. The zero-order valence-corrected chi connectivity index (χ0v) is 16.3. The van der Waals surface area contributed by atoms with Gasteiger partial charge in [-0.1, -0.05) is 51.2 Å². The predicted octanol–water partition coefficient (Wildman–Crippen LogP) is 3.45. The van der Waals surface area contributed by atoms with Gasteiger partial charge in [0.05, 0.1) is 5.56 Å². The summed E-state index contributed by atoms with van der Waals surface area (Å²) in [6.07, 6.45) is 8.18. The van der Waals surface area contributed by atoms with E-state index in [0.29, 0.717) is 32.4 Å². The van der Waals surface area contributed by atoms with E-state index in [1.165, 1.54) is 25.7 Å². The van der Waals surface area contributed by atoms with Crippen LogP contribution in [-0.4, -0.2) is 51.4 Å². The van der Waals surface area contributed by atoms with E-state index in [-0.39, 0.29) is 11.5 Å². The molecule has 0 aromatic heterocycles. The van der Waals surface area contributed by atoms with Gasteiger partial charge < -0.3 is 10.2 Å². The summed E-state index contributed by atoms with van der Waals surface area (Å²) in [7, 11) is 0. The van der Waals surface area contributed by atoms with Crippen LogP contribution in [0.1, 0.15) is 74.2 Å². The first kappa shape index (κ1) is 21.4. The molecule has 0 bridgehead atoms. The van der Waals surface area contributed by atoms with E-state index in [2.05, 4.69) is 6.92 Å². The van der Waals surface area contributed by atoms with Crippen molar-refractivity contribution in [2.45, 2.75) is 70.9 Å². The molecule has 1 saturated heterocycles. The number of nitrogens with zero attached hydrogens (tertiary/aromatic N) is 2. The third kappa shape index (κ3) is 6.63. The average molecular weight is 376 g/mol. The SMILES string of the molecule is CCCCCCCCC(O)N1CCC(=O)N1CCc1ccc(C(=O)O)cc1. The number of unbranched alkanes of at least 4 members (excludes halogenated alkanes) is 5. The third-order valence-electron chi connectivity index (χ3n) is 5.13. The molecule has 0 radical (unpaired) electrons. The van der Waals surface area contributed by atoms with Crippen LogP contribution < -0.4 is 0 Å². The molecule has 1 aliphatic rings. The van der Waals surface area contributed by atoms with Gasteiger partial charge in [-0.2, -0.15) is 5.01 Å². The van der Waals surface area contributed by atoms with Gasteiger partial charge in [0, 0.05) is 19.5 Å². The molecule has 0 spiro atoms. The van der Waals surface area contributed by atoms with Gasteiger partial charge in [-0.3, -0.25) is 9.80 Å².